The summed E-state index contributed by atoms with van der Waals surface area (Å²) in [5, 5.41) is 9.06. The van der Waals surface area contributed by atoms with Crippen LogP contribution in [0.3, 0.4) is 0 Å². The fraction of sp³-hybridized carbons (Fsp3) is 0.500. The van der Waals surface area contributed by atoms with Crippen LogP contribution in [0.25, 0.3) is 0 Å². The Kier molecular flexibility index (Phi) is 4.12. The molecule has 0 heterocycles. The van der Waals surface area contributed by atoms with Crippen molar-refractivity contribution in [2.75, 3.05) is 13.7 Å². The van der Waals surface area contributed by atoms with Crippen molar-refractivity contribution in [2.45, 2.75) is 25.8 Å². The molecule has 0 saturated heterocycles. The van der Waals surface area contributed by atoms with Gasteiger partial charge in [0.25, 0.3) is 0 Å². The van der Waals surface area contributed by atoms with Crippen molar-refractivity contribution in [1.29, 1.82) is 0 Å². The van der Waals surface area contributed by atoms with Crippen molar-refractivity contribution >= 4 is 0 Å². The average molecular weight is 209 g/mol. The van der Waals surface area contributed by atoms with E-state index in [2.05, 4.69) is 13.8 Å². The van der Waals surface area contributed by atoms with E-state index in [1.54, 1.807) is 7.11 Å². The lowest BCUT2D eigenvalue weighted by Crippen LogP contribution is -2.16. The lowest BCUT2D eigenvalue weighted by atomic mass is 9.97. The summed E-state index contributed by atoms with van der Waals surface area (Å²) in [5.41, 5.74) is 7.88. The Morgan fingerprint density at radius 3 is 2.53 bits per heavy atom. The molecule has 1 atom stereocenters. The van der Waals surface area contributed by atoms with Crippen LogP contribution in [0.1, 0.15) is 36.9 Å². The van der Waals surface area contributed by atoms with Gasteiger partial charge in [-0.3, -0.25) is 0 Å². The van der Waals surface area contributed by atoms with Crippen LogP contribution in [0.4, 0.5) is 0 Å². The van der Waals surface area contributed by atoms with E-state index in [9.17, 15) is 0 Å². The SMILES string of the molecule is COc1ccc(C(C)C)cc1C(N)CO. The largest absolute Gasteiger partial charge is 0.496 e. The summed E-state index contributed by atoms with van der Waals surface area (Å²) >= 11 is 0. The van der Waals surface area contributed by atoms with Crippen LogP contribution in [0, 0.1) is 0 Å². The summed E-state index contributed by atoms with van der Waals surface area (Å²) in [6.45, 7) is 4.17. The standard InChI is InChI=1S/C12H19NO2/c1-8(2)9-4-5-12(15-3)10(6-9)11(13)7-14/h4-6,8,11,14H,7,13H2,1-3H3. The molecule has 0 aliphatic carbocycles. The van der Waals surface area contributed by atoms with Gasteiger partial charge < -0.3 is 15.6 Å². The quantitative estimate of drug-likeness (QED) is 0.795. The summed E-state index contributed by atoms with van der Waals surface area (Å²) in [6, 6.07) is 5.56. The number of aliphatic hydroxyl groups is 1. The first-order chi connectivity index (χ1) is 7.10. The molecule has 0 saturated carbocycles. The minimum atomic E-state index is -0.376. The Labute approximate surface area is 90.9 Å². The number of aliphatic hydroxyl groups excluding tert-OH is 1. The lowest BCUT2D eigenvalue weighted by molar-refractivity contribution is 0.264. The summed E-state index contributed by atoms with van der Waals surface area (Å²) in [4.78, 5) is 0. The summed E-state index contributed by atoms with van der Waals surface area (Å²) in [5.74, 6) is 1.18. The van der Waals surface area contributed by atoms with Gasteiger partial charge in [-0.25, -0.2) is 0 Å². The number of nitrogens with two attached hydrogens (primary N) is 1. The van der Waals surface area contributed by atoms with E-state index >= 15 is 0 Å². The zero-order valence-electron chi connectivity index (χ0n) is 9.53. The molecule has 0 fully saturated rings. The van der Waals surface area contributed by atoms with Crippen LogP contribution < -0.4 is 10.5 Å². The van der Waals surface area contributed by atoms with E-state index in [1.165, 1.54) is 5.56 Å². The Balaban J connectivity index is 3.13. The number of benzene rings is 1. The first kappa shape index (κ1) is 12.0. The molecular formula is C12H19NO2. The van der Waals surface area contributed by atoms with Crippen molar-refractivity contribution in [1.82, 2.24) is 0 Å². The second-order valence-electron chi connectivity index (χ2n) is 3.95. The molecule has 84 valence electrons. The smallest absolute Gasteiger partial charge is 0.123 e. The number of hydrogen-bond acceptors (Lipinski definition) is 3. The van der Waals surface area contributed by atoms with Crippen LogP contribution in [-0.4, -0.2) is 18.8 Å². The molecule has 0 aliphatic heterocycles. The summed E-state index contributed by atoms with van der Waals surface area (Å²) in [6.07, 6.45) is 0. The normalized spacial score (nSPS) is 12.9. The van der Waals surface area contributed by atoms with Crippen molar-refractivity contribution in [3.63, 3.8) is 0 Å². The van der Waals surface area contributed by atoms with Gasteiger partial charge in [-0.15, -0.1) is 0 Å². The molecule has 0 aromatic heterocycles. The Morgan fingerprint density at radius 1 is 1.40 bits per heavy atom. The van der Waals surface area contributed by atoms with Gasteiger partial charge in [-0.1, -0.05) is 26.0 Å². The van der Waals surface area contributed by atoms with Crippen LogP contribution in [-0.2, 0) is 0 Å². The van der Waals surface area contributed by atoms with E-state index in [0.717, 1.165) is 11.3 Å². The topological polar surface area (TPSA) is 55.5 Å². The van der Waals surface area contributed by atoms with Gasteiger partial charge >= 0.3 is 0 Å². The monoisotopic (exact) mass is 209 g/mol. The Bertz CT molecular complexity index is 323. The fourth-order valence-corrected chi connectivity index (χ4v) is 1.50. The van der Waals surface area contributed by atoms with E-state index in [-0.39, 0.29) is 12.6 Å². The Morgan fingerprint density at radius 2 is 2.07 bits per heavy atom. The third-order valence-corrected chi connectivity index (χ3v) is 2.52. The predicted molar refractivity (Wildman–Crippen MR) is 61.1 cm³/mol. The van der Waals surface area contributed by atoms with Gasteiger partial charge in [0, 0.05) is 5.56 Å². The van der Waals surface area contributed by atoms with Crippen molar-refractivity contribution in [3.8, 4) is 5.75 Å². The molecular weight excluding hydrogens is 190 g/mol. The molecule has 3 N–H and O–H groups in total. The molecule has 1 aromatic carbocycles. The number of rotatable bonds is 4. The second-order valence-corrected chi connectivity index (χ2v) is 3.95. The van der Waals surface area contributed by atoms with Crippen molar-refractivity contribution < 1.29 is 9.84 Å². The molecule has 0 bridgehead atoms. The van der Waals surface area contributed by atoms with Crippen LogP contribution in [0.15, 0.2) is 18.2 Å². The first-order valence-electron chi connectivity index (χ1n) is 5.14. The molecule has 3 nitrogen and oxygen atoms in total. The maximum Gasteiger partial charge on any atom is 0.123 e. The van der Waals surface area contributed by atoms with Crippen molar-refractivity contribution in [3.05, 3.63) is 29.3 Å². The van der Waals surface area contributed by atoms with Gasteiger partial charge in [0.15, 0.2) is 0 Å². The molecule has 1 aromatic rings. The molecule has 15 heavy (non-hydrogen) atoms. The van der Waals surface area contributed by atoms with Gasteiger partial charge in [0.2, 0.25) is 0 Å². The highest BCUT2D eigenvalue weighted by Gasteiger charge is 2.12. The first-order valence-corrected chi connectivity index (χ1v) is 5.14. The van der Waals surface area contributed by atoms with E-state index in [1.807, 2.05) is 18.2 Å². The maximum absolute atomic E-state index is 9.06. The fourth-order valence-electron chi connectivity index (χ4n) is 1.50. The number of ether oxygens (including phenoxy) is 1. The molecule has 0 radical (unpaired) electrons. The van der Waals surface area contributed by atoms with Crippen LogP contribution in [0.5, 0.6) is 5.75 Å². The minimum absolute atomic E-state index is 0.0715. The molecule has 1 unspecified atom stereocenters. The maximum atomic E-state index is 9.06. The van der Waals surface area contributed by atoms with Gasteiger partial charge in [0.1, 0.15) is 5.75 Å². The second kappa shape index (κ2) is 5.14. The van der Waals surface area contributed by atoms with E-state index in [4.69, 9.17) is 15.6 Å². The summed E-state index contributed by atoms with van der Waals surface area (Å²) in [7, 11) is 1.61. The number of hydrogen-bond donors (Lipinski definition) is 2. The number of methoxy groups -OCH3 is 1. The molecule has 3 heteroatoms. The zero-order chi connectivity index (χ0) is 11.4. The zero-order valence-corrected chi connectivity index (χ0v) is 9.53. The van der Waals surface area contributed by atoms with Gasteiger partial charge in [-0.05, 0) is 17.5 Å². The molecule has 0 spiro atoms. The Hall–Kier alpha value is -1.06. The minimum Gasteiger partial charge on any atom is -0.496 e. The van der Waals surface area contributed by atoms with Crippen LogP contribution >= 0.6 is 0 Å². The highest BCUT2D eigenvalue weighted by Crippen LogP contribution is 2.27. The van der Waals surface area contributed by atoms with Crippen LogP contribution in [0.2, 0.25) is 0 Å². The predicted octanol–water partition coefficient (Wildman–Crippen LogP) is 1.81. The van der Waals surface area contributed by atoms with E-state index < -0.39 is 0 Å². The molecule has 0 amide bonds. The highest BCUT2D eigenvalue weighted by atomic mass is 16.5. The summed E-state index contributed by atoms with van der Waals surface area (Å²) < 4.78 is 5.21. The molecule has 1 rings (SSSR count). The third-order valence-electron chi connectivity index (χ3n) is 2.52. The average Bonchev–Trinajstić information content (AvgIpc) is 2.27. The third kappa shape index (κ3) is 2.70. The molecule has 0 aliphatic rings. The van der Waals surface area contributed by atoms with E-state index in [0.29, 0.717) is 5.92 Å². The van der Waals surface area contributed by atoms with Gasteiger partial charge in [0.05, 0.1) is 19.8 Å². The van der Waals surface area contributed by atoms with Crippen molar-refractivity contribution in [2.24, 2.45) is 5.73 Å². The lowest BCUT2D eigenvalue weighted by Gasteiger charge is -2.16. The van der Waals surface area contributed by atoms with Gasteiger partial charge in [-0.2, -0.15) is 0 Å². The highest BCUT2D eigenvalue weighted by molar-refractivity contribution is 5.40.